The zero-order chi connectivity index (χ0) is 18.2. The van der Waals surface area contributed by atoms with Crippen molar-refractivity contribution in [2.75, 3.05) is 20.3 Å². The minimum atomic E-state index is -2.27. The lowest BCUT2D eigenvalue weighted by Gasteiger charge is -2.35. The van der Waals surface area contributed by atoms with Gasteiger partial charge in [0.15, 0.2) is 0 Å². The van der Waals surface area contributed by atoms with E-state index in [9.17, 15) is 10.2 Å². The molecule has 3 unspecified atom stereocenters. The molecule has 5 nitrogen and oxygen atoms in total. The standard InChI is InChI=1S/C17H32O5Si2/c1-15(18)17(19)14-21-12-9-13-24(5,20-2)22-23(3,4)16-10-7-6-8-11-16/h6-8,10-11,15,17-19H,9,12-14H2,1-5H3. The van der Waals surface area contributed by atoms with Crippen LogP contribution in [-0.4, -0.2) is 59.6 Å². The van der Waals surface area contributed by atoms with Crippen LogP contribution in [0.15, 0.2) is 30.3 Å². The smallest absolute Gasteiger partial charge is 0.324 e. The molecule has 0 radical (unpaired) electrons. The van der Waals surface area contributed by atoms with Gasteiger partial charge in [-0.05, 0) is 44.2 Å². The van der Waals surface area contributed by atoms with Crippen LogP contribution in [0.3, 0.4) is 0 Å². The molecule has 0 aliphatic rings. The molecule has 24 heavy (non-hydrogen) atoms. The van der Waals surface area contributed by atoms with E-state index in [0.29, 0.717) is 6.61 Å². The largest absolute Gasteiger partial charge is 0.432 e. The summed E-state index contributed by atoms with van der Waals surface area (Å²) in [5, 5.41) is 20.0. The van der Waals surface area contributed by atoms with Crippen LogP contribution in [-0.2, 0) is 13.3 Å². The van der Waals surface area contributed by atoms with Gasteiger partial charge < -0.3 is 23.5 Å². The third kappa shape index (κ3) is 7.14. The molecule has 0 spiro atoms. The van der Waals surface area contributed by atoms with Crippen molar-refractivity contribution < 1.29 is 23.5 Å². The molecule has 0 saturated heterocycles. The Bertz CT molecular complexity index is 469. The Morgan fingerprint density at radius 3 is 2.25 bits per heavy atom. The summed E-state index contributed by atoms with van der Waals surface area (Å²) in [6.45, 7) is 8.70. The minimum absolute atomic E-state index is 0.147. The normalized spacial score (nSPS) is 17.3. The monoisotopic (exact) mass is 372 g/mol. The molecule has 1 aromatic carbocycles. The van der Waals surface area contributed by atoms with E-state index < -0.39 is 29.1 Å². The molecule has 3 atom stereocenters. The van der Waals surface area contributed by atoms with Gasteiger partial charge in [-0.3, -0.25) is 0 Å². The Kier molecular flexibility index (Phi) is 8.79. The summed E-state index contributed by atoms with van der Waals surface area (Å²) in [7, 11) is -2.56. The van der Waals surface area contributed by atoms with Gasteiger partial charge in [0.2, 0.25) is 8.32 Å². The molecule has 138 valence electrons. The van der Waals surface area contributed by atoms with Crippen LogP contribution in [0.1, 0.15) is 13.3 Å². The fourth-order valence-electron chi connectivity index (χ4n) is 2.47. The molecule has 0 aliphatic carbocycles. The molecule has 0 fully saturated rings. The van der Waals surface area contributed by atoms with Crippen molar-refractivity contribution >= 4 is 22.1 Å². The molecule has 1 rings (SSSR count). The van der Waals surface area contributed by atoms with Crippen molar-refractivity contribution in [2.45, 2.75) is 51.2 Å². The van der Waals surface area contributed by atoms with E-state index >= 15 is 0 Å². The lowest BCUT2D eigenvalue weighted by atomic mass is 10.2. The lowest BCUT2D eigenvalue weighted by molar-refractivity contribution is -0.0303. The van der Waals surface area contributed by atoms with Crippen molar-refractivity contribution in [2.24, 2.45) is 0 Å². The molecular formula is C17H32O5Si2. The van der Waals surface area contributed by atoms with Crippen molar-refractivity contribution in [3.05, 3.63) is 30.3 Å². The van der Waals surface area contributed by atoms with Gasteiger partial charge in [-0.2, -0.15) is 0 Å². The van der Waals surface area contributed by atoms with Crippen LogP contribution in [0.5, 0.6) is 0 Å². The molecule has 0 heterocycles. The second-order valence-electron chi connectivity index (χ2n) is 6.80. The molecular weight excluding hydrogens is 340 g/mol. The number of aliphatic hydroxyl groups excluding tert-OH is 2. The lowest BCUT2D eigenvalue weighted by Crippen LogP contribution is -2.54. The van der Waals surface area contributed by atoms with Crippen LogP contribution in [0.25, 0.3) is 0 Å². The maximum atomic E-state index is 9.50. The zero-order valence-electron chi connectivity index (χ0n) is 15.5. The van der Waals surface area contributed by atoms with Gasteiger partial charge in [-0.25, -0.2) is 0 Å². The summed E-state index contributed by atoms with van der Waals surface area (Å²) in [6, 6.07) is 11.2. The second-order valence-corrected chi connectivity index (χ2v) is 14.4. The first-order valence-electron chi connectivity index (χ1n) is 8.45. The Morgan fingerprint density at radius 2 is 1.71 bits per heavy atom. The van der Waals surface area contributed by atoms with Crippen LogP contribution < -0.4 is 5.19 Å². The quantitative estimate of drug-likeness (QED) is 0.459. The van der Waals surface area contributed by atoms with E-state index in [1.807, 2.05) is 18.2 Å². The third-order valence-electron chi connectivity index (χ3n) is 4.14. The fourth-order valence-corrected chi connectivity index (χ4v) is 9.99. The van der Waals surface area contributed by atoms with E-state index in [1.54, 1.807) is 14.0 Å². The summed E-state index contributed by atoms with van der Waals surface area (Å²) in [5.74, 6) is 0. The van der Waals surface area contributed by atoms with E-state index in [1.165, 1.54) is 5.19 Å². The highest BCUT2D eigenvalue weighted by atomic mass is 28.4. The van der Waals surface area contributed by atoms with Crippen molar-refractivity contribution in [3.63, 3.8) is 0 Å². The molecule has 0 bridgehead atoms. The number of benzene rings is 1. The summed E-state index contributed by atoms with van der Waals surface area (Å²) in [4.78, 5) is 0. The number of aliphatic hydroxyl groups is 2. The zero-order valence-corrected chi connectivity index (χ0v) is 17.5. The Hall–Kier alpha value is -0.546. The predicted molar refractivity (Wildman–Crippen MR) is 101 cm³/mol. The molecule has 0 aliphatic heterocycles. The topological polar surface area (TPSA) is 68.2 Å². The van der Waals surface area contributed by atoms with Gasteiger partial charge in [-0.15, -0.1) is 0 Å². The first-order valence-corrected chi connectivity index (χ1v) is 13.9. The Balaban J connectivity index is 2.48. The first kappa shape index (κ1) is 21.5. The van der Waals surface area contributed by atoms with Gasteiger partial charge in [0, 0.05) is 13.7 Å². The van der Waals surface area contributed by atoms with E-state index in [2.05, 4.69) is 31.8 Å². The third-order valence-corrected chi connectivity index (χ3v) is 11.8. The maximum absolute atomic E-state index is 9.50. The van der Waals surface area contributed by atoms with Crippen molar-refractivity contribution in [3.8, 4) is 0 Å². The van der Waals surface area contributed by atoms with Crippen molar-refractivity contribution in [1.29, 1.82) is 0 Å². The molecule has 2 N–H and O–H groups in total. The molecule has 0 aromatic heterocycles. The van der Waals surface area contributed by atoms with E-state index in [-0.39, 0.29) is 6.61 Å². The maximum Gasteiger partial charge on any atom is 0.324 e. The van der Waals surface area contributed by atoms with Gasteiger partial charge in [0.1, 0.15) is 6.10 Å². The van der Waals surface area contributed by atoms with Gasteiger partial charge >= 0.3 is 8.56 Å². The summed E-state index contributed by atoms with van der Waals surface area (Å²) in [6.07, 6.45) is -0.802. The Morgan fingerprint density at radius 1 is 1.08 bits per heavy atom. The number of rotatable bonds is 11. The van der Waals surface area contributed by atoms with E-state index in [4.69, 9.17) is 13.3 Å². The van der Waals surface area contributed by atoms with Crippen LogP contribution in [0.2, 0.25) is 25.7 Å². The Labute approximate surface area is 148 Å². The molecule has 0 saturated carbocycles. The predicted octanol–water partition coefficient (Wildman–Crippen LogP) is 1.98. The van der Waals surface area contributed by atoms with Gasteiger partial charge in [0.05, 0.1) is 12.7 Å². The highest BCUT2D eigenvalue weighted by molar-refractivity contribution is 6.91. The fraction of sp³-hybridized carbons (Fsp3) is 0.647. The molecule has 7 heteroatoms. The first-order chi connectivity index (χ1) is 11.2. The van der Waals surface area contributed by atoms with Crippen LogP contribution >= 0.6 is 0 Å². The second kappa shape index (κ2) is 9.81. The van der Waals surface area contributed by atoms with Gasteiger partial charge in [0.25, 0.3) is 0 Å². The number of hydrogen-bond donors (Lipinski definition) is 2. The van der Waals surface area contributed by atoms with Gasteiger partial charge in [-0.1, -0.05) is 30.3 Å². The van der Waals surface area contributed by atoms with Crippen LogP contribution in [0, 0.1) is 0 Å². The molecule has 1 aromatic rings. The van der Waals surface area contributed by atoms with Crippen LogP contribution in [0.4, 0.5) is 0 Å². The van der Waals surface area contributed by atoms with E-state index in [0.717, 1.165) is 12.5 Å². The van der Waals surface area contributed by atoms with Crippen molar-refractivity contribution in [1.82, 2.24) is 0 Å². The highest BCUT2D eigenvalue weighted by Crippen LogP contribution is 2.21. The average molecular weight is 373 g/mol. The molecule has 0 amide bonds. The minimum Gasteiger partial charge on any atom is -0.432 e. The number of ether oxygens (including phenoxy) is 1. The summed E-state index contributed by atoms with van der Waals surface area (Å²) in [5.41, 5.74) is 0. The summed E-state index contributed by atoms with van der Waals surface area (Å²) < 4.78 is 17.7. The number of hydrogen-bond acceptors (Lipinski definition) is 5. The highest BCUT2D eigenvalue weighted by Gasteiger charge is 2.38. The average Bonchev–Trinajstić information content (AvgIpc) is 2.54. The summed E-state index contributed by atoms with van der Waals surface area (Å²) >= 11 is 0. The SMILES string of the molecule is CO[Si](C)(CCCOCC(O)C(C)O)O[Si](C)(C)c1ccccc1.